The number of benzene rings is 1. The molecule has 2 atom stereocenters. The van der Waals surface area contributed by atoms with E-state index in [1.165, 1.54) is 24.3 Å². The SMILES string of the molecule is NC(C=O)(NS(=O)[O-])c1ccc(Cl)cc1. The molecule has 0 aliphatic heterocycles. The summed E-state index contributed by atoms with van der Waals surface area (Å²) >= 11 is 3.01. The van der Waals surface area contributed by atoms with Crippen LogP contribution in [-0.2, 0) is 21.7 Å². The second kappa shape index (κ2) is 4.82. The van der Waals surface area contributed by atoms with Gasteiger partial charge in [-0.1, -0.05) is 23.7 Å². The molecule has 0 fully saturated rings. The molecule has 0 radical (unpaired) electrons. The zero-order valence-corrected chi connectivity index (χ0v) is 9.05. The first-order valence-corrected chi connectivity index (χ1v) is 5.31. The predicted octanol–water partition coefficient (Wildman–Crippen LogP) is 0.0341. The summed E-state index contributed by atoms with van der Waals surface area (Å²) in [6.07, 6.45) is 0.312. The minimum absolute atomic E-state index is 0.311. The second-order valence-electron chi connectivity index (χ2n) is 2.83. The molecule has 3 N–H and O–H groups in total. The van der Waals surface area contributed by atoms with E-state index in [1.807, 2.05) is 4.72 Å². The van der Waals surface area contributed by atoms with E-state index in [4.69, 9.17) is 17.3 Å². The zero-order valence-electron chi connectivity index (χ0n) is 7.48. The van der Waals surface area contributed by atoms with Crippen molar-refractivity contribution in [1.29, 1.82) is 0 Å². The maximum Gasteiger partial charge on any atom is 0.160 e. The lowest BCUT2D eigenvalue weighted by atomic mass is 10.0. The zero-order chi connectivity index (χ0) is 11.5. The van der Waals surface area contributed by atoms with Crippen LogP contribution in [0.5, 0.6) is 0 Å². The highest BCUT2D eigenvalue weighted by Crippen LogP contribution is 2.16. The Balaban J connectivity index is 3.05. The molecule has 82 valence electrons. The molecular weight excluding hydrogens is 240 g/mol. The third-order valence-electron chi connectivity index (χ3n) is 1.76. The van der Waals surface area contributed by atoms with Gasteiger partial charge in [0.1, 0.15) is 0 Å². The van der Waals surface area contributed by atoms with Crippen LogP contribution in [0.4, 0.5) is 0 Å². The molecule has 15 heavy (non-hydrogen) atoms. The van der Waals surface area contributed by atoms with Crippen molar-refractivity contribution in [2.75, 3.05) is 0 Å². The molecule has 0 saturated carbocycles. The molecule has 0 saturated heterocycles. The molecule has 0 heterocycles. The largest absolute Gasteiger partial charge is 0.760 e. The average molecular weight is 248 g/mol. The molecule has 1 rings (SSSR count). The van der Waals surface area contributed by atoms with Crippen LogP contribution in [0.15, 0.2) is 24.3 Å². The highest BCUT2D eigenvalue weighted by molar-refractivity contribution is 7.77. The van der Waals surface area contributed by atoms with E-state index in [0.717, 1.165) is 0 Å². The minimum atomic E-state index is -2.63. The van der Waals surface area contributed by atoms with Crippen LogP contribution in [0, 0.1) is 0 Å². The first-order chi connectivity index (χ1) is 6.98. The van der Waals surface area contributed by atoms with Gasteiger partial charge in [-0.3, -0.25) is 9.00 Å². The van der Waals surface area contributed by atoms with Crippen LogP contribution in [0.2, 0.25) is 5.02 Å². The van der Waals surface area contributed by atoms with Gasteiger partial charge in [0.05, 0.1) is 0 Å². The lowest BCUT2D eigenvalue weighted by molar-refractivity contribution is -0.112. The molecule has 7 heteroatoms. The Hall–Kier alpha value is -0.790. The Morgan fingerprint density at radius 2 is 2.00 bits per heavy atom. The maximum atomic E-state index is 10.8. The number of carbonyl (C=O) groups excluding carboxylic acids is 1. The van der Waals surface area contributed by atoms with Crippen molar-refractivity contribution < 1.29 is 13.6 Å². The minimum Gasteiger partial charge on any atom is -0.760 e. The molecule has 1 aromatic carbocycles. The van der Waals surface area contributed by atoms with E-state index in [0.29, 0.717) is 16.9 Å². The van der Waals surface area contributed by atoms with Gasteiger partial charge in [-0.2, -0.15) is 0 Å². The van der Waals surface area contributed by atoms with Gasteiger partial charge in [0.2, 0.25) is 0 Å². The molecule has 2 unspecified atom stereocenters. The molecule has 1 aromatic rings. The first kappa shape index (κ1) is 12.3. The van der Waals surface area contributed by atoms with Crippen LogP contribution in [-0.4, -0.2) is 15.0 Å². The van der Waals surface area contributed by atoms with Crippen molar-refractivity contribution in [1.82, 2.24) is 4.72 Å². The van der Waals surface area contributed by atoms with E-state index in [9.17, 15) is 13.6 Å². The number of nitrogens with one attached hydrogen (secondary N) is 1. The molecule has 0 bridgehead atoms. The third kappa shape index (κ3) is 3.08. The molecule has 0 aliphatic carbocycles. The van der Waals surface area contributed by atoms with E-state index in [2.05, 4.69) is 0 Å². The predicted molar refractivity (Wildman–Crippen MR) is 55.4 cm³/mol. The molecule has 0 aromatic heterocycles. The highest BCUT2D eigenvalue weighted by Gasteiger charge is 2.26. The quantitative estimate of drug-likeness (QED) is 0.446. The van der Waals surface area contributed by atoms with Crippen LogP contribution < -0.4 is 10.5 Å². The lowest BCUT2D eigenvalue weighted by Gasteiger charge is -2.25. The van der Waals surface area contributed by atoms with Gasteiger partial charge in [0.25, 0.3) is 0 Å². The van der Waals surface area contributed by atoms with Gasteiger partial charge in [-0.15, -0.1) is 0 Å². The van der Waals surface area contributed by atoms with Crippen molar-refractivity contribution in [2.45, 2.75) is 5.66 Å². The van der Waals surface area contributed by atoms with Crippen molar-refractivity contribution >= 4 is 29.2 Å². The Labute approximate surface area is 94.0 Å². The van der Waals surface area contributed by atoms with Crippen LogP contribution in [0.1, 0.15) is 5.56 Å². The summed E-state index contributed by atoms with van der Waals surface area (Å²) in [6.45, 7) is 0. The summed E-state index contributed by atoms with van der Waals surface area (Å²) < 4.78 is 22.8. The van der Waals surface area contributed by atoms with Gasteiger partial charge in [-0.25, -0.2) is 4.72 Å². The van der Waals surface area contributed by atoms with Crippen molar-refractivity contribution in [2.24, 2.45) is 5.73 Å². The number of halogens is 1. The van der Waals surface area contributed by atoms with Crippen LogP contribution in [0.25, 0.3) is 0 Å². The molecule has 5 nitrogen and oxygen atoms in total. The molecule has 0 amide bonds. The first-order valence-electron chi connectivity index (χ1n) is 3.86. The maximum absolute atomic E-state index is 10.8. The summed E-state index contributed by atoms with van der Waals surface area (Å²) in [6, 6.07) is 5.96. The molecule has 0 spiro atoms. The average Bonchev–Trinajstić information content (AvgIpc) is 2.17. The Morgan fingerprint density at radius 1 is 1.47 bits per heavy atom. The summed E-state index contributed by atoms with van der Waals surface area (Å²) in [5, 5.41) is 0.468. The summed E-state index contributed by atoms with van der Waals surface area (Å²) in [4.78, 5) is 10.8. The molecular formula is C8H8ClN2O3S-. The van der Waals surface area contributed by atoms with Crippen molar-refractivity contribution in [3.63, 3.8) is 0 Å². The summed E-state index contributed by atoms with van der Waals surface area (Å²) in [5.41, 5.74) is 4.11. The van der Waals surface area contributed by atoms with E-state index >= 15 is 0 Å². The highest BCUT2D eigenvalue weighted by atomic mass is 35.5. The number of hydrogen-bond donors (Lipinski definition) is 2. The number of carbonyl (C=O) groups is 1. The van der Waals surface area contributed by atoms with Gasteiger partial charge in [0, 0.05) is 16.3 Å². The third-order valence-corrected chi connectivity index (χ3v) is 2.52. The summed E-state index contributed by atoms with van der Waals surface area (Å²) in [5.74, 6) is 0. The van der Waals surface area contributed by atoms with Gasteiger partial charge in [-0.05, 0) is 17.7 Å². The summed E-state index contributed by atoms with van der Waals surface area (Å²) in [7, 11) is 0. The number of nitrogens with two attached hydrogens (primary N) is 1. The van der Waals surface area contributed by atoms with Gasteiger partial charge in [0.15, 0.2) is 11.9 Å². The lowest BCUT2D eigenvalue weighted by Crippen LogP contribution is -2.52. The standard InChI is InChI=1S/C8H9ClN2O3S/c9-7-3-1-6(2-4-7)8(10,5-12)11-15(13)14/h1-5,11H,10H2,(H,13,14)/p-1. The number of hydrogen-bond acceptors (Lipinski definition) is 4. The van der Waals surface area contributed by atoms with Crippen LogP contribution >= 0.6 is 11.6 Å². The fraction of sp³-hybridized carbons (Fsp3) is 0.125. The smallest absolute Gasteiger partial charge is 0.160 e. The Bertz CT molecular complexity index is 384. The Morgan fingerprint density at radius 3 is 2.40 bits per heavy atom. The van der Waals surface area contributed by atoms with Crippen molar-refractivity contribution in [3.8, 4) is 0 Å². The van der Waals surface area contributed by atoms with Gasteiger partial charge >= 0.3 is 0 Å². The van der Waals surface area contributed by atoms with Gasteiger partial charge < -0.3 is 10.3 Å². The normalized spacial score (nSPS) is 16.7. The fourth-order valence-electron chi connectivity index (χ4n) is 1.01. The van der Waals surface area contributed by atoms with E-state index in [-0.39, 0.29) is 0 Å². The number of aldehydes is 1. The number of rotatable bonds is 4. The van der Waals surface area contributed by atoms with E-state index < -0.39 is 16.9 Å². The Kier molecular flexibility index (Phi) is 3.95. The topological polar surface area (TPSA) is 95.2 Å². The van der Waals surface area contributed by atoms with E-state index in [1.54, 1.807) is 0 Å². The fourth-order valence-corrected chi connectivity index (χ4v) is 1.58. The van der Waals surface area contributed by atoms with Crippen LogP contribution in [0.3, 0.4) is 0 Å². The second-order valence-corrected chi connectivity index (χ2v) is 3.94. The van der Waals surface area contributed by atoms with Crippen molar-refractivity contribution in [3.05, 3.63) is 34.9 Å². The monoisotopic (exact) mass is 247 g/mol. The molecule has 0 aliphatic rings.